The summed E-state index contributed by atoms with van der Waals surface area (Å²) in [5.74, 6) is 0. The molecule has 0 fully saturated rings. The van der Waals surface area contributed by atoms with Gasteiger partial charge in [-0.2, -0.15) is 0 Å². The van der Waals surface area contributed by atoms with E-state index in [4.69, 9.17) is 22.9 Å². The highest BCUT2D eigenvalue weighted by molar-refractivity contribution is 5.67. The Morgan fingerprint density at radius 2 is 1.00 bits per heavy atom. The van der Waals surface area contributed by atoms with Crippen LogP contribution in [0.25, 0.3) is 0 Å². The van der Waals surface area contributed by atoms with Crippen LogP contribution >= 0.6 is 0 Å². The van der Waals surface area contributed by atoms with Gasteiger partial charge in [0.25, 0.3) is 0 Å². The average Bonchev–Trinajstić information content (AvgIpc) is 2.35. The summed E-state index contributed by atoms with van der Waals surface area (Å²) in [6.07, 6.45) is 0. The first kappa shape index (κ1) is 13.1. The van der Waals surface area contributed by atoms with E-state index < -0.39 is 0 Å². The first-order valence-electron chi connectivity index (χ1n) is 6.13. The first-order valence-corrected chi connectivity index (χ1v) is 6.13. The van der Waals surface area contributed by atoms with Crippen molar-refractivity contribution < 1.29 is 0 Å². The Bertz CT molecular complexity index is 564. The molecule has 0 radical (unpaired) electrons. The summed E-state index contributed by atoms with van der Waals surface area (Å²) < 4.78 is 0. The average molecular weight is 256 g/mol. The molecular weight excluding hydrogens is 236 g/mol. The summed E-state index contributed by atoms with van der Waals surface area (Å²) >= 11 is 0. The third kappa shape index (κ3) is 2.29. The molecule has 2 aromatic carbocycles. The molecule has 0 aliphatic carbocycles. The van der Waals surface area contributed by atoms with Crippen LogP contribution in [0.2, 0.25) is 0 Å². The van der Waals surface area contributed by atoms with Crippen LogP contribution in [0.15, 0.2) is 36.4 Å². The number of benzene rings is 2. The fourth-order valence-corrected chi connectivity index (χ4v) is 2.09. The number of anilines is 4. The molecule has 0 aromatic heterocycles. The smallest absolute Gasteiger partial charge is 0.0550 e. The zero-order valence-electron chi connectivity index (χ0n) is 11.3. The quantitative estimate of drug-likeness (QED) is 0.619. The van der Waals surface area contributed by atoms with Gasteiger partial charge in [0.15, 0.2) is 0 Å². The molecular formula is C15H20N4. The lowest BCUT2D eigenvalue weighted by Gasteiger charge is -2.27. The van der Waals surface area contributed by atoms with Crippen molar-refractivity contribution in [2.24, 2.45) is 0 Å². The van der Waals surface area contributed by atoms with Crippen LogP contribution in [0.1, 0.15) is 25.0 Å². The zero-order chi connectivity index (χ0) is 14.2. The Kier molecular flexibility index (Phi) is 3.02. The second-order valence-corrected chi connectivity index (χ2v) is 5.31. The first-order chi connectivity index (χ1) is 8.82. The molecule has 0 spiro atoms. The van der Waals surface area contributed by atoms with Crippen LogP contribution in [0, 0.1) is 0 Å². The molecule has 0 saturated heterocycles. The fraction of sp³-hybridized carbons (Fsp3) is 0.200. The normalized spacial score (nSPS) is 11.5. The fourth-order valence-electron chi connectivity index (χ4n) is 2.09. The molecule has 8 N–H and O–H groups in total. The standard InChI is InChI=1S/C15H20N4/c1-15(2,9-3-5-11(16)13(18)7-9)10-4-6-12(17)14(19)8-10/h3-8H,16-19H2,1-2H3. The Morgan fingerprint density at radius 3 is 1.32 bits per heavy atom. The number of nitrogens with two attached hydrogens (primary N) is 4. The van der Waals surface area contributed by atoms with Gasteiger partial charge in [0, 0.05) is 5.41 Å². The topological polar surface area (TPSA) is 104 Å². The van der Waals surface area contributed by atoms with Gasteiger partial charge in [-0.1, -0.05) is 26.0 Å². The number of hydrogen-bond acceptors (Lipinski definition) is 4. The monoisotopic (exact) mass is 256 g/mol. The largest absolute Gasteiger partial charge is 0.397 e. The molecule has 2 aromatic rings. The van der Waals surface area contributed by atoms with Crippen LogP contribution in [-0.4, -0.2) is 0 Å². The van der Waals surface area contributed by atoms with E-state index in [1.807, 2.05) is 36.4 Å². The third-order valence-corrected chi connectivity index (χ3v) is 3.62. The lowest BCUT2D eigenvalue weighted by atomic mass is 9.77. The van der Waals surface area contributed by atoms with Crippen molar-refractivity contribution in [3.8, 4) is 0 Å². The van der Waals surface area contributed by atoms with Gasteiger partial charge in [0.05, 0.1) is 22.7 Å². The summed E-state index contributed by atoms with van der Waals surface area (Å²) in [5.41, 5.74) is 27.6. The van der Waals surface area contributed by atoms with Gasteiger partial charge in [-0.05, 0) is 35.4 Å². The highest BCUT2D eigenvalue weighted by atomic mass is 14.7. The van der Waals surface area contributed by atoms with Crippen molar-refractivity contribution in [2.75, 3.05) is 22.9 Å². The van der Waals surface area contributed by atoms with E-state index in [1.54, 1.807) is 0 Å². The third-order valence-electron chi connectivity index (χ3n) is 3.62. The molecule has 4 nitrogen and oxygen atoms in total. The molecule has 0 aliphatic rings. The minimum absolute atomic E-state index is 0.219. The van der Waals surface area contributed by atoms with Gasteiger partial charge in [0.1, 0.15) is 0 Å². The van der Waals surface area contributed by atoms with Crippen molar-refractivity contribution in [1.82, 2.24) is 0 Å². The Labute approximate surface area is 113 Å². The number of hydrogen-bond donors (Lipinski definition) is 4. The van der Waals surface area contributed by atoms with Gasteiger partial charge in [-0.15, -0.1) is 0 Å². The molecule has 0 amide bonds. The van der Waals surface area contributed by atoms with Crippen LogP contribution in [0.5, 0.6) is 0 Å². The summed E-state index contributed by atoms with van der Waals surface area (Å²) in [4.78, 5) is 0. The number of rotatable bonds is 2. The molecule has 0 saturated carbocycles. The second-order valence-electron chi connectivity index (χ2n) is 5.31. The maximum absolute atomic E-state index is 5.88. The van der Waals surface area contributed by atoms with Crippen molar-refractivity contribution in [1.29, 1.82) is 0 Å². The van der Waals surface area contributed by atoms with E-state index in [-0.39, 0.29) is 5.41 Å². The van der Waals surface area contributed by atoms with Gasteiger partial charge < -0.3 is 22.9 Å². The Balaban J connectivity index is 2.51. The number of nitrogen functional groups attached to an aromatic ring is 4. The molecule has 2 rings (SSSR count). The lowest BCUT2D eigenvalue weighted by Crippen LogP contribution is -2.19. The van der Waals surface area contributed by atoms with Crippen molar-refractivity contribution >= 4 is 22.7 Å². The van der Waals surface area contributed by atoms with Crippen LogP contribution < -0.4 is 22.9 Å². The molecule has 4 heteroatoms. The summed E-state index contributed by atoms with van der Waals surface area (Å²) in [7, 11) is 0. The molecule has 0 aliphatic heterocycles. The Morgan fingerprint density at radius 1 is 0.632 bits per heavy atom. The van der Waals surface area contributed by atoms with Gasteiger partial charge >= 0.3 is 0 Å². The summed E-state index contributed by atoms with van der Waals surface area (Å²) in [6.45, 7) is 4.23. The van der Waals surface area contributed by atoms with E-state index in [1.165, 1.54) is 0 Å². The van der Waals surface area contributed by atoms with Gasteiger partial charge in [0.2, 0.25) is 0 Å². The second kappa shape index (κ2) is 4.39. The van der Waals surface area contributed by atoms with Crippen LogP contribution in [0.3, 0.4) is 0 Å². The molecule has 100 valence electrons. The van der Waals surface area contributed by atoms with E-state index in [0.717, 1.165) is 11.1 Å². The minimum atomic E-state index is -0.219. The predicted molar refractivity (Wildman–Crippen MR) is 82.7 cm³/mol. The van der Waals surface area contributed by atoms with Crippen LogP contribution in [-0.2, 0) is 5.41 Å². The van der Waals surface area contributed by atoms with Gasteiger partial charge in [-0.3, -0.25) is 0 Å². The summed E-state index contributed by atoms with van der Waals surface area (Å²) in [6, 6.07) is 11.4. The van der Waals surface area contributed by atoms with Crippen molar-refractivity contribution in [2.45, 2.75) is 19.3 Å². The maximum atomic E-state index is 5.88. The van der Waals surface area contributed by atoms with E-state index >= 15 is 0 Å². The molecule has 0 unspecified atom stereocenters. The molecule has 19 heavy (non-hydrogen) atoms. The molecule has 0 atom stereocenters. The van der Waals surface area contributed by atoms with Crippen molar-refractivity contribution in [3.63, 3.8) is 0 Å². The maximum Gasteiger partial charge on any atom is 0.0550 e. The highest BCUT2D eigenvalue weighted by Crippen LogP contribution is 2.35. The van der Waals surface area contributed by atoms with Gasteiger partial charge in [-0.25, -0.2) is 0 Å². The van der Waals surface area contributed by atoms with Crippen LogP contribution in [0.4, 0.5) is 22.7 Å². The van der Waals surface area contributed by atoms with E-state index in [2.05, 4.69) is 13.8 Å². The molecule has 0 bridgehead atoms. The zero-order valence-corrected chi connectivity index (χ0v) is 11.3. The van der Waals surface area contributed by atoms with Crippen molar-refractivity contribution in [3.05, 3.63) is 47.5 Å². The van der Waals surface area contributed by atoms with E-state index in [0.29, 0.717) is 22.7 Å². The summed E-state index contributed by atoms with van der Waals surface area (Å²) in [5, 5.41) is 0. The SMILES string of the molecule is CC(C)(c1ccc(N)c(N)c1)c1ccc(N)c(N)c1. The van der Waals surface area contributed by atoms with E-state index in [9.17, 15) is 0 Å². The molecule has 0 heterocycles. The Hall–Kier alpha value is -2.36. The minimum Gasteiger partial charge on any atom is -0.397 e. The predicted octanol–water partition coefficient (Wildman–Crippen LogP) is 2.34. The highest BCUT2D eigenvalue weighted by Gasteiger charge is 2.24. The lowest BCUT2D eigenvalue weighted by molar-refractivity contribution is 0.642.